The van der Waals surface area contributed by atoms with Gasteiger partial charge >= 0.3 is 0 Å². The van der Waals surface area contributed by atoms with E-state index in [1.165, 1.54) is 47.6 Å². The van der Waals surface area contributed by atoms with E-state index in [4.69, 9.17) is 0 Å². The van der Waals surface area contributed by atoms with Crippen molar-refractivity contribution in [3.63, 3.8) is 0 Å². The van der Waals surface area contributed by atoms with E-state index in [0.29, 0.717) is 0 Å². The number of piperidine rings is 1. The maximum Gasteiger partial charge on any atom is 0.0161 e. The van der Waals surface area contributed by atoms with Crippen LogP contribution in [0.25, 0.3) is 0 Å². The van der Waals surface area contributed by atoms with E-state index in [2.05, 4.69) is 37.4 Å². The maximum atomic E-state index is 3.60. The van der Waals surface area contributed by atoms with Crippen molar-refractivity contribution in [2.45, 2.75) is 44.0 Å². The molecule has 0 saturated carbocycles. The molecule has 1 heterocycles. The summed E-state index contributed by atoms with van der Waals surface area (Å²) in [6.07, 6.45) is 4.09. The first-order valence-corrected chi connectivity index (χ1v) is 7.18. The molecule has 0 bridgehead atoms. The minimum Gasteiger partial charge on any atom is -0.313 e. The molecule has 1 aromatic rings. The van der Waals surface area contributed by atoms with Crippen molar-refractivity contribution < 1.29 is 0 Å². The molecule has 1 aliphatic rings. The van der Waals surface area contributed by atoms with E-state index in [0.717, 1.165) is 6.04 Å². The van der Waals surface area contributed by atoms with Crippen molar-refractivity contribution in [1.82, 2.24) is 5.32 Å². The van der Waals surface area contributed by atoms with Gasteiger partial charge in [-0.05, 0) is 44.9 Å². The molecule has 0 aliphatic carbocycles. The van der Waals surface area contributed by atoms with Crippen molar-refractivity contribution in [3.8, 4) is 0 Å². The van der Waals surface area contributed by atoms with Gasteiger partial charge in [0.15, 0.2) is 0 Å². The third-order valence-electron chi connectivity index (χ3n) is 3.18. The summed E-state index contributed by atoms with van der Waals surface area (Å²) in [6, 6.07) is 7.47. The van der Waals surface area contributed by atoms with Crippen molar-refractivity contribution in [2.24, 2.45) is 0 Å². The Morgan fingerprint density at radius 1 is 1.31 bits per heavy atom. The minimum atomic E-state index is 0.722. The molecule has 0 radical (unpaired) electrons. The van der Waals surface area contributed by atoms with Crippen LogP contribution >= 0.6 is 11.8 Å². The average Bonchev–Trinajstić information content (AvgIpc) is 2.29. The van der Waals surface area contributed by atoms with Gasteiger partial charge in [-0.25, -0.2) is 0 Å². The molecule has 1 saturated heterocycles. The van der Waals surface area contributed by atoms with Crippen LogP contribution in [0.15, 0.2) is 23.1 Å². The van der Waals surface area contributed by atoms with E-state index in [1.807, 2.05) is 11.8 Å². The molecule has 2 heteroatoms. The molecule has 1 fully saturated rings. The summed E-state index contributed by atoms with van der Waals surface area (Å²) >= 11 is 2.00. The molecule has 1 aliphatic heterocycles. The van der Waals surface area contributed by atoms with Gasteiger partial charge in [0.25, 0.3) is 0 Å². The van der Waals surface area contributed by atoms with Crippen LogP contribution < -0.4 is 5.32 Å². The lowest BCUT2D eigenvalue weighted by Gasteiger charge is -2.23. The monoisotopic (exact) mass is 235 g/mol. The third kappa shape index (κ3) is 3.26. The molecule has 1 nitrogen and oxygen atoms in total. The molecular formula is C14H21NS. The molecule has 88 valence electrons. The number of benzene rings is 1. The van der Waals surface area contributed by atoms with Crippen LogP contribution in [0.3, 0.4) is 0 Å². The number of hydrogen-bond donors (Lipinski definition) is 1. The van der Waals surface area contributed by atoms with Crippen LogP contribution in [0.4, 0.5) is 0 Å². The topological polar surface area (TPSA) is 12.0 Å². The van der Waals surface area contributed by atoms with Gasteiger partial charge in [-0.2, -0.15) is 0 Å². The molecular weight excluding hydrogens is 214 g/mol. The fourth-order valence-electron chi connectivity index (χ4n) is 2.22. The van der Waals surface area contributed by atoms with Crippen LogP contribution in [0.2, 0.25) is 0 Å². The first-order chi connectivity index (χ1) is 7.75. The Morgan fingerprint density at radius 2 is 2.19 bits per heavy atom. The largest absolute Gasteiger partial charge is 0.313 e. The number of hydrogen-bond acceptors (Lipinski definition) is 2. The average molecular weight is 235 g/mol. The molecule has 1 N–H and O–H groups in total. The molecule has 0 amide bonds. The Morgan fingerprint density at radius 3 is 2.88 bits per heavy atom. The Hall–Kier alpha value is -0.470. The van der Waals surface area contributed by atoms with Crippen molar-refractivity contribution in [1.29, 1.82) is 0 Å². The summed E-state index contributed by atoms with van der Waals surface area (Å²) in [4.78, 5) is 1.44. The molecule has 1 unspecified atom stereocenters. The van der Waals surface area contributed by atoms with Gasteiger partial charge in [-0.1, -0.05) is 24.1 Å². The van der Waals surface area contributed by atoms with Crippen LogP contribution in [0.5, 0.6) is 0 Å². The van der Waals surface area contributed by atoms with Crippen molar-refractivity contribution in [2.75, 3.05) is 12.3 Å². The Bertz CT molecular complexity index is 343. The van der Waals surface area contributed by atoms with Crippen LogP contribution in [-0.2, 0) is 0 Å². The lowest BCUT2D eigenvalue weighted by atomic mass is 10.1. The van der Waals surface area contributed by atoms with E-state index in [9.17, 15) is 0 Å². The Labute approximate surface area is 103 Å². The lowest BCUT2D eigenvalue weighted by molar-refractivity contribution is 0.430. The first-order valence-electron chi connectivity index (χ1n) is 6.19. The number of nitrogens with one attached hydrogen (secondary N) is 1. The summed E-state index contributed by atoms with van der Waals surface area (Å²) < 4.78 is 0. The zero-order valence-electron chi connectivity index (χ0n) is 10.3. The van der Waals surface area contributed by atoms with Gasteiger partial charge in [0.2, 0.25) is 0 Å². The quantitative estimate of drug-likeness (QED) is 0.804. The van der Waals surface area contributed by atoms with Gasteiger partial charge in [-0.15, -0.1) is 11.8 Å². The fraction of sp³-hybridized carbons (Fsp3) is 0.571. The summed E-state index contributed by atoms with van der Waals surface area (Å²) in [5.74, 6) is 1.21. The molecule has 0 spiro atoms. The normalized spacial score (nSPS) is 21.0. The van der Waals surface area contributed by atoms with E-state index >= 15 is 0 Å². The number of aryl methyl sites for hydroxylation is 2. The SMILES string of the molecule is Cc1ccc(SCC2CCCCN2)c(C)c1. The number of thioether (sulfide) groups is 1. The number of rotatable bonds is 3. The first kappa shape index (κ1) is 12.0. The molecule has 2 rings (SSSR count). The Kier molecular flexibility index (Phi) is 4.30. The summed E-state index contributed by atoms with van der Waals surface area (Å²) in [5, 5.41) is 3.60. The second kappa shape index (κ2) is 5.74. The second-order valence-electron chi connectivity index (χ2n) is 4.73. The zero-order chi connectivity index (χ0) is 11.4. The van der Waals surface area contributed by atoms with Gasteiger partial charge in [0, 0.05) is 16.7 Å². The van der Waals surface area contributed by atoms with Crippen LogP contribution in [0.1, 0.15) is 30.4 Å². The van der Waals surface area contributed by atoms with E-state index < -0.39 is 0 Å². The van der Waals surface area contributed by atoms with Crippen LogP contribution in [-0.4, -0.2) is 18.3 Å². The molecule has 1 atom stereocenters. The fourth-order valence-corrected chi connectivity index (χ4v) is 3.33. The van der Waals surface area contributed by atoms with Crippen molar-refractivity contribution >= 4 is 11.8 Å². The third-order valence-corrected chi connectivity index (χ3v) is 4.52. The summed E-state index contributed by atoms with van der Waals surface area (Å²) in [5.41, 5.74) is 2.78. The highest BCUT2D eigenvalue weighted by Gasteiger charge is 2.12. The van der Waals surface area contributed by atoms with Gasteiger partial charge in [0.1, 0.15) is 0 Å². The highest BCUT2D eigenvalue weighted by Crippen LogP contribution is 2.25. The molecule has 1 aromatic carbocycles. The highest BCUT2D eigenvalue weighted by atomic mass is 32.2. The van der Waals surface area contributed by atoms with E-state index in [1.54, 1.807) is 0 Å². The summed E-state index contributed by atoms with van der Waals surface area (Å²) in [6.45, 7) is 5.58. The van der Waals surface area contributed by atoms with Gasteiger partial charge in [-0.3, -0.25) is 0 Å². The molecule has 16 heavy (non-hydrogen) atoms. The lowest BCUT2D eigenvalue weighted by Crippen LogP contribution is -2.35. The standard InChI is InChI=1S/C14H21NS/c1-11-6-7-14(12(2)9-11)16-10-13-5-3-4-8-15-13/h6-7,9,13,15H,3-5,8,10H2,1-2H3. The smallest absolute Gasteiger partial charge is 0.0161 e. The minimum absolute atomic E-state index is 0.722. The predicted molar refractivity (Wildman–Crippen MR) is 72.3 cm³/mol. The van der Waals surface area contributed by atoms with Gasteiger partial charge < -0.3 is 5.32 Å². The predicted octanol–water partition coefficient (Wildman–Crippen LogP) is 3.54. The Balaban J connectivity index is 1.88. The van der Waals surface area contributed by atoms with Crippen LogP contribution in [0, 0.1) is 13.8 Å². The zero-order valence-corrected chi connectivity index (χ0v) is 11.1. The van der Waals surface area contributed by atoms with Crippen molar-refractivity contribution in [3.05, 3.63) is 29.3 Å². The molecule has 0 aromatic heterocycles. The van der Waals surface area contributed by atoms with E-state index in [-0.39, 0.29) is 0 Å². The highest BCUT2D eigenvalue weighted by molar-refractivity contribution is 7.99. The second-order valence-corrected chi connectivity index (χ2v) is 5.79. The summed E-state index contributed by atoms with van der Waals surface area (Å²) in [7, 11) is 0. The maximum absolute atomic E-state index is 3.60. The van der Waals surface area contributed by atoms with Gasteiger partial charge in [0.05, 0.1) is 0 Å².